The first-order valence-electron chi connectivity index (χ1n) is 11.3. The number of nitrogens with two attached hydrogens (primary N) is 1. The molecule has 0 saturated carbocycles. The summed E-state index contributed by atoms with van der Waals surface area (Å²) in [5.41, 5.74) is 5.73. The van der Waals surface area contributed by atoms with Gasteiger partial charge >= 0.3 is 6.18 Å². The van der Waals surface area contributed by atoms with Gasteiger partial charge in [0, 0.05) is 41.1 Å². The first kappa shape index (κ1) is 24.5. The van der Waals surface area contributed by atoms with Gasteiger partial charge < -0.3 is 15.2 Å². The maximum atomic E-state index is 14.8. The molecular formula is C24H19F5N6O2. The zero-order valence-electron chi connectivity index (χ0n) is 19.1. The van der Waals surface area contributed by atoms with Crippen LogP contribution in [0, 0.1) is 11.6 Å². The van der Waals surface area contributed by atoms with Gasteiger partial charge in [-0.05, 0) is 37.1 Å². The van der Waals surface area contributed by atoms with Gasteiger partial charge in [-0.25, -0.2) is 18.7 Å². The Morgan fingerprint density at radius 1 is 1.08 bits per heavy atom. The summed E-state index contributed by atoms with van der Waals surface area (Å²) in [4.78, 5) is 25.7. The molecule has 1 fully saturated rings. The number of alkyl halides is 3. The third-order valence-electron chi connectivity index (χ3n) is 6.21. The van der Waals surface area contributed by atoms with Crippen LogP contribution in [0.5, 0.6) is 0 Å². The van der Waals surface area contributed by atoms with E-state index in [1.54, 1.807) is 0 Å². The molecule has 1 amide bonds. The van der Waals surface area contributed by atoms with Gasteiger partial charge in [-0.15, -0.1) is 0 Å². The number of carbonyl (C=O) groups excluding carboxylic acids is 1. The third-order valence-corrected chi connectivity index (χ3v) is 6.21. The molecule has 4 aromatic rings. The molecular weight excluding hydrogens is 499 g/mol. The Morgan fingerprint density at radius 2 is 1.84 bits per heavy atom. The molecule has 1 aliphatic rings. The highest BCUT2D eigenvalue weighted by Gasteiger charge is 2.32. The number of rotatable bonds is 5. The molecule has 37 heavy (non-hydrogen) atoms. The fraction of sp³-hybridized carbons (Fsp3) is 0.292. The van der Waals surface area contributed by atoms with Crippen LogP contribution in [0.3, 0.4) is 0 Å². The van der Waals surface area contributed by atoms with Crippen LogP contribution >= 0.6 is 0 Å². The van der Waals surface area contributed by atoms with Crippen LogP contribution in [-0.4, -0.2) is 45.3 Å². The van der Waals surface area contributed by atoms with Crippen molar-refractivity contribution >= 4 is 22.6 Å². The van der Waals surface area contributed by atoms with Gasteiger partial charge in [0.1, 0.15) is 30.2 Å². The second kappa shape index (κ2) is 9.37. The van der Waals surface area contributed by atoms with Crippen LogP contribution in [0.2, 0.25) is 0 Å². The molecule has 0 bridgehead atoms. The fourth-order valence-corrected chi connectivity index (χ4v) is 4.49. The number of amides is 1. The van der Waals surface area contributed by atoms with Gasteiger partial charge in [-0.1, -0.05) is 11.2 Å². The molecule has 8 nitrogen and oxygen atoms in total. The van der Waals surface area contributed by atoms with Crippen molar-refractivity contribution in [3.8, 4) is 11.1 Å². The molecule has 0 atom stereocenters. The summed E-state index contributed by atoms with van der Waals surface area (Å²) in [5, 5.41) is 3.79. The standard InChI is InChI=1S/C24H19F5N6O2/c25-14-8-16(15-2-1-13(21(30)36)7-18(15)26)20-17(9-14)22(32-11-31-20)35-5-3-12(4-6-35)23-33-19(34-37-23)10-24(27,28)29/h1-2,7-9,11-12H,3-6,10H2,(H2,30,36). The van der Waals surface area contributed by atoms with E-state index in [0.717, 1.165) is 12.1 Å². The summed E-state index contributed by atoms with van der Waals surface area (Å²) in [6.45, 7) is 0.864. The van der Waals surface area contributed by atoms with Gasteiger partial charge in [-0.3, -0.25) is 4.79 Å². The number of fused-ring (bicyclic) bond motifs is 1. The number of anilines is 1. The Bertz CT molecular complexity index is 1480. The number of benzene rings is 2. The average molecular weight is 518 g/mol. The number of primary amides is 1. The van der Waals surface area contributed by atoms with Crippen LogP contribution in [0.4, 0.5) is 27.8 Å². The molecule has 1 aliphatic heterocycles. The van der Waals surface area contributed by atoms with E-state index < -0.39 is 36.0 Å². The number of halogens is 5. The quantitative estimate of drug-likeness (QED) is 0.386. The Balaban J connectivity index is 1.42. The van der Waals surface area contributed by atoms with E-state index in [2.05, 4.69) is 20.1 Å². The summed E-state index contributed by atoms with van der Waals surface area (Å²) >= 11 is 0. The minimum absolute atomic E-state index is 0.0214. The van der Waals surface area contributed by atoms with Crippen molar-refractivity contribution in [3.63, 3.8) is 0 Å². The Kier molecular flexibility index (Phi) is 6.21. The molecule has 2 aromatic carbocycles. The lowest BCUT2D eigenvalue weighted by Crippen LogP contribution is -2.33. The summed E-state index contributed by atoms with van der Waals surface area (Å²) < 4.78 is 72.4. The van der Waals surface area contributed by atoms with E-state index >= 15 is 0 Å². The highest BCUT2D eigenvalue weighted by Crippen LogP contribution is 2.36. The van der Waals surface area contributed by atoms with Gasteiger partial charge in [0.25, 0.3) is 0 Å². The fourth-order valence-electron chi connectivity index (χ4n) is 4.49. The zero-order chi connectivity index (χ0) is 26.3. The molecule has 0 radical (unpaired) electrons. The summed E-state index contributed by atoms with van der Waals surface area (Å²) in [6.07, 6.45) is -3.42. The zero-order valence-corrected chi connectivity index (χ0v) is 19.1. The SMILES string of the molecule is NC(=O)c1ccc(-c2cc(F)cc3c(N4CCC(c5nc(CC(F)(F)F)no5)CC4)ncnc23)c(F)c1. The maximum absolute atomic E-state index is 14.8. The Morgan fingerprint density at radius 3 is 2.51 bits per heavy atom. The monoisotopic (exact) mass is 518 g/mol. The molecule has 2 N–H and O–H groups in total. The molecule has 0 aliphatic carbocycles. The highest BCUT2D eigenvalue weighted by atomic mass is 19.4. The van der Waals surface area contributed by atoms with E-state index in [4.69, 9.17) is 10.3 Å². The summed E-state index contributed by atoms with van der Waals surface area (Å²) in [7, 11) is 0. The number of nitrogens with zero attached hydrogens (tertiary/aromatic N) is 5. The number of piperidine rings is 1. The maximum Gasteiger partial charge on any atom is 0.396 e. The van der Waals surface area contributed by atoms with Gasteiger partial charge in [0.05, 0.1) is 5.52 Å². The molecule has 0 unspecified atom stereocenters. The van der Waals surface area contributed by atoms with Crippen molar-refractivity contribution in [1.82, 2.24) is 20.1 Å². The van der Waals surface area contributed by atoms with Crippen molar-refractivity contribution in [1.29, 1.82) is 0 Å². The number of hydrogen-bond donors (Lipinski definition) is 1. The van der Waals surface area contributed by atoms with Crippen LogP contribution < -0.4 is 10.6 Å². The second-order valence-electron chi connectivity index (χ2n) is 8.71. The van der Waals surface area contributed by atoms with Gasteiger partial charge in [-0.2, -0.15) is 18.2 Å². The molecule has 1 saturated heterocycles. The van der Waals surface area contributed by atoms with E-state index in [1.807, 2.05) is 4.90 Å². The minimum Gasteiger partial charge on any atom is -0.366 e. The molecule has 192 valence electrons. The van der Waals surface area contributed by atoms with E-state index in [1.165, 1.54) is 24.5 Å². The molecule has 0 spiro atoms. The summed E-state index contributed by atoms with van der Waals surface area (Å²) in [5.74, 6) is -2.24. The highest BCUT2D eigenvalue weighted by molar-refractivity contribution is 6.00. The third kappa shape index (κ3) is 5.06. The van der Waals surface area contributed by atoms with E-state index in [9.17, 15) is 26.7 Å². The lowest BCUT2D eigenvalue weighted by Gasteiger charge is -2.32. The predicted octanol–water partition coefficient (Wildman–Crippen LogP) is 4.55. The summed E-state index contributed by atoms with van der Waals surface area (Å²) in [6, 6.07) is 6.09. The van der Waals surface area contributed by atoms with Crippen molar-refractivity contribution < 1.29 is 31.3 Å². The molecule has 3 heterocycles. The molecule has 13 heteroatoms. The van der Waals surface area contributed by atoms with E-state index in [-0.39, 0.29) is 28.5 Å². The van der Waals surface area contributed by atoms with Crippen molar-refractivity contribution in [2.75, 3.05) is 18.0 Å². The Labute approximate surface area is 206 Å². The predicted molar refractivity (Wildman–Crippen MR) is 122 cm³/mol. The topological polar surface area (TPSA) is 111 Å². The van der Waals surface area contributed by atoms with Crippen LogP contribution in [0.25, 0.3) is 22.0 Å². The van der Waals surface area contributed by atoms with Crippen molar-refractivity contribution in [2.24, 2.45) is 5.73 Å². The first-order valence-corrected chi connectivity index (χ1v) is 11.3. The lowest BCUT2D eigenvalue weighted by molar-refractivity contribution is -0.128. The number of carbonyl (C=O) groups is 1. The van der Waals surface area contributed by atoms with Crippen LogP contribution in [0.15, 0.2) is 41.2 Å². The average Bonchev–Trinajstić information content (AvgIpc) is 3.30. The largest absolute Gasteiger partial charge is 0.396 e. The molecule has 2 aromatic heterocycles. The van der Waals surface area contributed by atoms with Crippen LogP contribution in [0.1, 0.15) is 40.8 Å². The number of hydrogen-bond acceptors (Lipinski definition) is 7. The normalized spacial score (nSPS) is 14.9. The minimum atomic E-state index is -4.43. The van der Waals surface area contributed by atoms with Gasteiger partial charge in [0.15, 0.2) is 5.82 Å². The smallest absolute Gasteiger partial charge is 0.366 e. The van der Waals surface area contributed by atoms with Crippen LogP contribution in [-0.2, 0) is 6.42 Å². The van der Waals surface area contributed by atoms with E-state index in [0.29, 0.717) is 42.7 Å². The van der Waals surface area contributed by atoms with Crippen molar-refractivity contribution in [3.05, 3.63) is 65.6 Å². The van der Waals surface area contributed by atoms with Gasteiger partial charge in [0.2, 0.25) is 11.8 Å². The van der Waals surface area contributed by atoms with Crippen molar-refractivity contribution in [2.45, 2.75) is 31.4 Å². The second-order valence-corrected chi connectivity index (χ2v) is 8.71. The molecule has 5 rings (SSSR count). The lowest BCUT2D eigenvalue weighted by atomic mass is 9.96. The Hall–Kier alpha value is -4.16. The number of aromatic nitrogens is 4. The first-order chi connectivity index (χ1) is 17.6.